The zero-order chi connectivity index (χ0) is 13.7. The third-order valence-electron chi connectivity index (χ3n) is 1.46. The highest BCUT2D eigenvalue weighted by molar-refractivity contribution is 4.39. The maximum atomic E-state index is 2.26. The lowest BCUT2D eigenvalue weighted by molar-refractivity contribution is 0.624. The van der Waals surface area contributed by atoms with Gasteiger partial charge in [-0.25, -0.2) is 0 Å². The monoisotopic (exact) mass is 232 g/mol. The van der Waals surface area contributed by atoms with Gasteiger partial charge in [-0.05, 0) is 0 Å². The first-order valence-electron chi connectivity index (χ1n) is 7.74. The van der Waals surface area contributed by atoms with Crippen molar-refractivity contribution in [3.8, 4) is 0 Å². The van der Waals surface area contributed by atoms with Crippen molar-refractivity contribution in [2.45, 2.75) is 107 Å². The third kappa shape index (κ3) is 94.6. The average Bonchev–Trinajstić information content (AvgIpc) is 2.30. The van der Waals surface area contributed by atoms with Gasteiger partial charge in [0.25, 0.3) is 0 Å². The molecule has 0 nitrogen and oxygen atoms in total. The van der Waals surface area contributed by atoms with Crippen LogP contribution in [-0.2, 0) is 0 Å². The minimum absolute atomic E-state index is 1.25. The Morgan fingerprint density at radius 1 is 0.438 bits per heavy atom. The van der Waals surface area contributed by atoms with Crippen LogP contribution >= 0.6 is 0 Å². The van der Waals surface area contributed by atoms with Gasteiger partial charge in [0.15, 0.2) is 0 Å². The molecule has 0 fully saturated rings. The van der Waals surface area contributed by atoms with E-state index in [2.05, 4.69) is 41.5 Å². The molecule has 0 N–H and O–H groups in total. The maximum Gasteiger partial charge on any atom is -0.0533 e. The standard InChI is InChI=1S/C8H18.2C3H8.C2H6/c1-3-5-7-8-6-4-2;2*1-3-2;1-2/h3-8H2,1-2H3;2*3H2,1-2H3;1-2H3. The lowest BCUT2D eigenvalue weighted by Gasteiger charge is -1.93. The Kier molecular flexibility index (Phi) is 71.8. The van der Waals surface area contributed by atoms with Crippen molar-refractivity contribution < 1.29 is 0 Å². The summed E-state index contributed by atoms with van der Waals surface area (Å²) in [6.45, 7) is 17.0. The Balaban J connectivity index is -0.0000000752. The van der Waals surface area contributed by atoms with Gasteiger partial charge in [0.2, 0.25) is 0 Å². The van der Waals surface area contributed by atoms with Crippen LogP contribution in [0.3, 0.4) is 0 Å². The molecule has 0 aromatic rings. The topological polar surface area (TPSA) is 0 Å². The van der Waals surface area contributed by atoms with Gasteiger partial charge < -0.3 is 0 Å². The van der Waals surface area contributed by atoms with Crippen LogP contribution in [0.25, 0.3) is 0 Å². The molecule has 0 bridgehead atoms. The van der Waals surface area contributed by atoms with Gasteiger partial charge in [0.05, 0.1) is 0 Å². The highest BCUT2D eigenvalue weighted by atomic mass is 13.9. The van der Waals surface area contributed by atoms with E-state index in [1.807, 2.05) is 13.8 Å². The Hall–Kier alpha value is 0. The summed E-state index contributed by atoms with van der Waals surface area (Å²) in [4.78, 5) is 0. The molecule has 104 valence electrons. The van der Waals surface area contributed by atoms with Crippen molar-refractivity contribution in [2.24, 2.45) is 0 Å². The van der Waals surface area contributed by atoms with Crippen LogP contribution in [0.15, 0.2) is 0 Å². The molecule has 0 aliphatic rings. The second kappa shape index (κ2) is 45.9. The van der Waals surface area contributed by atoms with Crippen LogP contribution in [0.5, 0.6) is 0 Å². The van der Waals surface area contributed by atoms with E-state index in [-0.39, 0.29) is 0 Å². The van der Waals surface area contributed by atoms with E-state index in [9.17, 15) is 0 Å². The largest absolute Gasteiger partial charge is 0.0683 e. The minimum atomic E-state index is 1.25. The summed E-state index contributed by atoms with van der Waals surface area (Å²) in [6, 6.07) is 0. The van der Waals surface area contributed by atoms with Crippen LogP contribution in [0.4, 0.5) is 0 Å². The van der Waals surface area contributed by atoms with Gasteiger partial charge in [-0.3, -0.25) is 0 Å². The lowest BCUT2D eigenvalue weighted by Crippen LogP contribution is -1.73. The van der Waals surface area contributed by atoms with E-state index in [1.165, 1.54) is 51.4 Å². The predicted molar refractivity (Wildman–Crippen MR) is 82.3 cm³/mol. The molecule has 0 rings (SSSR count). The molecule has 0 amide bonds. The van der Waals surface area contributed by atoms with Crippen LogP contribution in [0.2, 0.25) is 0 Å². The van der Waals surface area contributed by atoms with E-state index >= 15 is 0 Å². The van der Waals surface area contributed by atoms with Gasteiger partial charge in [-0.1, -0.05) is 107 Å². The van der Waals surface area contributed by atoms with Gasteiger partial charge >= 0.3 is 0 Å². The second-order valence-corrected chi connectivity index (χ2v) is 3.83. The first-order chi connectivity index (χ1) is 7.74. The zero-order valence-corrected chi connectivity index (χ0v) is 13.7. The first kappa shape index (κ1) is 25.0. The lowest BCUT2D eigenvalue weighted by atomic mass is 10.1. The van der Waals surface area contributed by atoms with Crippen molar-refractivity contribution in [2.75, 3.05) is 0 Å². The number of hydrogen-bond acceptors (Lipinski definition) is 0. The van der Waals surface area contributed by atoms with E-state index in [0.29, 0.717) is 0 Å². The Morgan fingerprint density at radius 2 is 0.625 bits per heavy atom. The molecule has 0 unspecified atom stereocenters. The number of rotatable bonds is 5. The molecule has 16 heavy (non-hydrogen) atoms. The Bertz CT molecular complexity index is 40.0. The predicted octanol–water partition coefficient (Wildman–Crippen LogP) is 7.23. The van der Waals surface area contributed by atoms with E-state index < -0.39 is 0 Å². The van der Waals surface area contributed by atoms with Crippen molar-refractivity contribution in [3.63, 3.8) is 0 Å². The summed E-state index contributed by atoms with van der Waals surface area (Å²) < 4.78 is 0. The minimum Gasteiger partial charge on any atom is -0.0683 e. The molecule has 0 aliphatic heterocycles. The van der Waals surface area contributed by atoms with E-state index in [1.54, 1.807) is 0 Å². The summed E-state index contributed by atoms with van der Waals surface area (Å²) in [5.41, 5.74) is 0. The molecule has 0 spiro atoms. The Labute approximate surface area is 107 Å². The van der Waals surface area contributed by atoms with Gasteiger partial charge in [0.1, 0.15) is 0 Å². The van der Waals surface area contributed by atoms with Crippen LogP contribution in [0.1, 0.15) is 107 Å². The van der Waals surface area contributed by atoms with Crippen LogP contribution < -0.4 is 0 Å². The van der Waals surface area contributed by atoms with Crippen LogP contribution in [-0.4, -0.2) is 0 Å². The molecule has 0 atom stereocenters. The molecule has 0 aromatic carbocycles. The number of hydrogen-bond donors (Lipinski definition) is 0. The molecule has 0 aliphatic carbocycles. The summed E-state index contributed by atoms with van der Waals surface area (Å²) in [7, 11) is 0. The fraction of sp³-hybridized carbons (Fsp3) is 1.00. The highest BCUT2D eigenvalue weighted by Crippen LogP contribution is 2.03. The summed E-state index contributed by atoms with van der Waals surface area (Å²) >= 11 is 0. The SMILES string of the molecule is CC.CCC.CCC.CCCCCCCC. The zero-order valence-electron chi connectivity index (χ0n) is 13.7. The van der Waals surface area contributed by atoms with E-state index in [0.717, 1.165) is 0 Å². The van der Waals surface area contributed by atoms with Crippen molar-refractivity contribution in [1.82, 2.24) is 0 Å². The van der Waals surface area contributed by atoms with Crippen LogP contribution in [0, 0.1) is 0 Å². The third-order valence-corrected chi connectivity index (χ3v) is 1.46. The molecule has 0 saturated heterocycles. The molecular weight excluding hydrogens is 192 g/mol. The second-order valence-electron chi connectivity index (χ2n) is 3.83. The molecule has 0 radical (unpaired) electrons. The van der Waals surface area contributed by atoms with Gasteiger partial charge in [0, 0.05) is 0 Å². The fourth-order valence-corrected chi connectivity index (χ4v) is 0.854. The average molecular weight is 232 g/mol. The highest BCUT2D eigenvalue weighted by Gasteiger charge is 1.83. The molecular formula is C16H40. The summed E-state index contributed by atoms with van der Waals surface area (Å²) in [5, 5.41) is 0. The summed E-state index contributed by atoms with van der Waals surface area (Å²) in [5.74, 6) is 0. The quantitative estimate of drug-likeness (QED) is 0.439. The first-order valence-corrected chi connectivity index (χ1v) is 7.74. The maximum absolute atomic E-state index is 2.26. The number of unbranched alkanes of at least 4 members (excludes halogenated alkanes) is 5. The molecule has 0 aromatic heterocycles. The smallest absolute Gasteiger partial charge is 0.0533 e. The van der Waals surface area contributed by atoms with Crippen molar-refractivity contribution >= 4 is 0 Å². The fourth-order valence-electron chi connectivity index (χ4n) is 0.854. The van der Waals surface area contributed by atoms with Crippen molar-refractivity contribution in [1.29, 1.82) is 0 Å². The molecule has 0 saturated carbocycles. The van der Waals surface area contributed by atoms with Gasteiger partial charge in [-0.2, -0.15) is 0 Å². The summed E-state index contributed by atoms with van der Waals surface area (Å²) in [6.07, 6.45) is 11.0. The Morgan fingerprint density at radius 3 is 0.750 bits per heavy atom. The normalized spacial score (nSPS) is 7.50. The van der Waals surface area contributed by atoms with E-state index in [4.69, 9.17) is 0 Å². The van der Waals surface area contributed by atoms with Crippen molar-refractivity contribution in [3.05, 3.63) is 0 Å². The molecule has 0 heterocycles. The van der Waals surface area contributed by atoms with Gasteiger partial charge in [-0.15, -0.1) is 0 Å². The molecule has 0 heteroatoms.